The highest BCUT2D eigenvalue weighted by atomic mass is 16.5. The van der Waals surface area contributed by atoms with E-state index < -0.39 is 0 Å². The van der Waals surface area contributed by atoms with Crippen molar-refractivity contribution in [3.8, 4) is 5.75 Å². The van der Waals surface area contributed by atoms with Crippen LogP contribution in [0.4, 0.5) is 0 Å². The average molecular weight is 179 g/mol. The normalized spacial score (nSPS) is 21.7. The lowest BCUT2D eigenvalue weighted by Crippen LogP contribution is -2.16. The highest BCUT2D eigenvalue weighted by Crippen LogP contribution is 2.14. The summed E-state index contributed by atoms with van der Waals surface area (Å²) in [7, 11) is 0. The molecule has 2 rings (SSSR count). The van der Waals surface area contributed by atoms with E-state index in [0.29, 0.717) is 6.61 Å². The van der Waals surface area contributed by atoms with Gasteiger partial charge in [-0.25, -0.2) is 0 Å². The molecular weight excluding hydrogens is 166 g/mol. The second-order valence-electron chi connectivity index (χ2n) is 3.13. The summed E-state index contributed by atoms with van der Waals surface area (Å²) in [5.41, 5.74) is 0. The van der Waals surface area contributed by atoms with Crippen LogP contribution < -0.4 is 4.74 Å². The van der Waals surface area contributed by atoms with Crippen LogP contribution in [0.1, 0.15) is 12.8 Å². The Kier molecular flexibility index (Phi) is 2.77. The maximum Gasteiger partial charge on any atom is 0.137 e. The highest BCUT2D eigenvalue weighted by Gasteiger charge is 2.15. The van der Waals surface area contributed by atoms with Crippen LogP contribution >= 0.6 is 0 Å². The maximum atomic E-state index is 5.50. The Labute approximate surface area is 77.7 Å². The van der Waals surface area contributed by atoms with E-state index in [1.54, 1.807) is 12.4 Å². The van der Waals surface area contributed by atoms with Gasteiger partial charge in [0.2, 0.25) is 0 Å². The van der Waals surface area contributed by atoms with Crippen molar-refractivity contribution in [3.05, 3.63) is 24.5 Å². The number of pyridine rings is 1. The van der Waals surface area contributed by atoms with Crippen LogP contribution in [0.25, 0.3) is 0 Å². The molecule has 0 radical (unpaired) electrons. The molecule has 0 aliphatic carbocycles. The molecule has 1 fully saturated rings. The van der Waals surface area contributed by atoms with E-state index in [9.17, 15) is 0 Å². The molecule has 0 saturated carbocycles. The lowest BCUT2D eigenvalue weighted by Gasteiger charge is -2.10. The zero-order valence-electron chi connectivity index (χ0n) is 7.48. The van der Waals surface area contributed by atoms with E-state index in [2.05, 4.69) is 4.98 Å². The number of ether oxygens (including phenoxy) is 2. The van der Waals surface area contributed by atoms with E-state index in [0.717, 1.165) is 25.2 Å². The van der Waals surface area contributed by atoms with E-state index in [1.807, 2.05) is 12.1 Å². The number of rotatable bonds is 3. The summed E-state index contributed by atoms with van der Waals surface area (Å²) in [5.74, 6) is 0.818. The van der Waals surface area contributed by atoms with Crippen LogP contribution in [0, 0.1) is 0 Å². The monoisotopic (exact) mass is 179 g/mol. The molecule has 0 amide bonds. The predicted octanol–water partition coefficient (Wildman–Crippen LogP) is 1.64. The summed E-state index contributed by atoms with van der Waals surface area (Å²) in [6, 6.07) is 3.77. The van der Waals surface area contributed by atoms with Crippen molar-refractivity contribution in [2.45, 2.75) is 18.9 Å². The van der Waals surface area contributed by atoms with Gasteiger partial charge in [0.05, 0.1) is 12.3 Å². The molecule has 3 heteroatoms. The third-order valence-corrected chi connectivity index (χ3v) is 2.09. The predicted molar refractivity (Wildman–Crippen MR) is 48.7 cm³/mol. The van der Waals surface area contributed by atoms with Crippen LogP contribution in [0.2, 0.25) is 0 Å². The van der Waals surface area contributed by atoms with Gasteiger partial charge in [-0.05, 0) is 25.0 Å². The number of aromatic nitrogens is 1. The first-order chi connectivity index (χ1) is 6.45. The molecule has 1 unspecified atom stereocenters. The first-order valence-corrected chi connectivity index (χ1v) is 4.59. The highest BCUT2D eigenvalue weighted by molar-refractivity contribution is 5.15. The summed E-state index contributed by atoms with van der Waals surface area (Å²) < 4.78 is 10.9. The molecular formula is C10H13NO2. The standard InChI is InChI=1S/C10H13NO2/c1-3-9(7-11-5-1)13-8-10-4-2-6-12-10/h1,3,5,7,10H,2,4,6,8H2. The molecule has 1 aliphatic rings. The van der Waals surface area contributed by atoms with Gasteiger partial charge in [-0.2, -0.15) is 0 Å². The van der Waals surface area contributed by atoms with Gasteiger partial charge in [0.15, 0.2) is 0 Å². The van der Waals surface area contributed by atoms with Gasteiger partial charge in [-0.3, -0.25) is 4.98 Å². The fraction of sp³-hybridized carbons (Fsp3) is 0.500. The van der Waals surface area contributed by atoms with Crippen molar-refractivity contribution in [1.82, 2.24) is 4.98 Å². The minimum absolute atomic E-state index is 0.278. The van der Waals surface area contributed by atoms with E-state index >= 15 is 0 Å². The van der Waals surface area contributed by atoms with Crippen molar-refractivity contribution in [2.75, 3.05) is 13.2 Å². The third kappa shape index (κ3) is 2.42. The van der Waals surface area contributed by atoms with E-state index in [-0.39, 0.29) is 6.10 Å². The Morgan fingerprint density at radius 3 is 3.31 bits per heavy atom. The number of hydrogen-bond acceptors (Lipinski definition) is 3. The quantitative estimate of drug-likeness (QED) is 0.706. The van der Waals surface area contributed by atoms with Gasteiger partial charge in [0.1, 0.15) is 12.4 Å². The Balaban J connectivity index is 1.79. The minimum atomic E-state index is 0.278. The second kappa shape index (κ2) is 4.23. The van der Waals surface area contributed by atoms with Crippen LogP contribution in [-0.4, -0.2) is 24.3 Å². The van der Waals surface area contributed by atoms with E-state index in [1.165, 1.54) is 0 Å². The lowest BCUT2D eigenvalue weighted by atomic mass is 10.2. The maximum absolute atomic E-state index is 5.50. The number of nitrogens with zero attached hydrogens (tertiary/aromatic N) is 1. The van der Waals surface area contributed by atoms with Crippen molar-refractivity contribution >= 4 is 0 Å². The van der Waals surface area contributed by atoms with Gasteiger partial charge < -0.3 is 9.47 Å². The molecule has 0 spiro atoms. The van der Waals surface area contributed by atoms with Gasteiger partial charge >= 0.3 is 0 Å². The largest absolute Gasteiger partial charge is 0.489 e. The van der Waals surface area contributed by atoms with Crippen LogP contribution in [0.5, 0.6) is 5.75 Å². The van der Waals surface area contributed by atoms with Gasteiger partial charge in [0.25, 0.3) is 0 Å². The molecule has 13 heavy (non-hydrogen) atoms. The van der Waals surface area contributed by atoms with Crippen LogP contribution in [0.3, 0.4) is 0 Å². The Morgan fingerprint density at radius 1 is 1.62 bits per heavy atom. The Morgan fingerprint density at radius 2 is 2.62 bits per heavy atom. The molecule has 70 valence electrons. The summed E-state index contributed by atoms with van der Waals surface area (Å²) in [4.78, 5) is 3.96. The Hall–Kier alpha value is -1.09. The molecule has 0 bridgehead atoms. The fourth-order valence-electron chi connectivity index (χ4n) is 1.40. The average Bonchev–Trinajstić information content (AvgIpc) is 2.69. The van der Waals surface area contributed by atoms with Crippen molar-refractivity contribution in [3.63, 3.8) is 0 Å². The summed E-state index contributed by atoms with van der Waals surface area (Å²) in [5, 5.41) is 0. The first-order valence-electron chi connectivity index (χ1n) is 4.59. The van der Waals surface area contributed by atoms with Gasteiger partial charge in [0, 0.05) is 12.8 Å². The Bertz CT molecular complexity index is 244. The minimum Gasteiger partial charge on any atom is -0.489 e. The molecule has 0 aromatic carbocycles. The fourth-order valence-corrected chi connectivity index (χ4v) is 1.40. The summed E-state index contributed by atoms with van der Waals surface area (Å²) >= 11 is 0. The van der Waals surface area contributed by atoms with Crippen molar-refractivity contribution < 1.29 is 9.47 Å². The van der Waals surface area contributed by atoms with Crippen LogP contribution in [0.15, 0.2) is 24.5 Å². The topological polar surface area (TPSA) is 31.4 Å². The molecule has 0 N–H and O–H groups in total. The first kappa shape index (κ1) is 8.51. The molecule has 3 nitrogen and oxygen atoms in total. The second-order valence-corrected chi connectivity index (χ2v) is 3.13. The lowest BCUT2D eigenvalue weighted by molar-refractivity contribution is 0.0678. The van der Waals surface area contributed by atoms with E-state index in [4.69, 9.17) is 9.47 Å². The van der Waals surface area contributed by atoms with Crippen molar-refractivity contribution in [1.29, 1.82) is 0 Å². The molecule has 1 aromatic rings. The van der Waals surface area contributed by atoms with Gasteiger partial charge in [-0.1, -0.05) is 0 Å². The smallest absolute Gasteiger partial charge is 0.137 e. The van der Waals surface area contributed by atoms with Crippen LogP contribution in [-0.2, 0) is 4.74 Å². The molecule has 1 atom stereocenters. The summed E-state index contributed by atoms with van der Waals surface area (Å²) in [6.45, 7) is 1.52. The molecule has 2 heterocycles. The zero-order valence-corrected chi connectivity index (χ0v) is 7.48. The molecule has 1 aromatic heterocycles. The number of hydrogen-bond donors (Lipinski definition) is 0. The zero-order chi connectivity index (χ0) is 8.93. The molecule has 1 aliphatic heterocycles. The summed E-state index contributed by atoms with van der Waals surface area (Å²) in [6.07, 6.45) is 6.00. The SMILES string of the molecule is c1cncc(OCC2CCCO2)c1. The van der Waals surface area contributed by atoms with Gasteiger partial charge in [-0.15, -0.1) is 0 Å². The van der Waals surface area contributed by atoms with Crippen molar-refractivity contribution in [2.24, 2.45) is 0 Å². The third-order valence-electron chi connectivity index (χ3n) is 2.09. The molecule has 1 saturated heterocycles.